The Balaban J connectivity index is 1.76. The number of hydrogen-bond donors (Lipinski definition) is 6. The van der Waals surface area contributed by atoms with Crippen molar-refractivity contribution in [2.45, 2.75) is 90.8 Å². The van der Waals surface area contributed by atoms with E-state index in [1.54, 1.807) is 38.1 Å². The van der Waals surface area contributed by atoms with Crippen LogP contribution in [0.1, 0.15) is 77.7 Å². The van der Waals surface area contributed by atoms with E-state index in [9.17, 15) is 38.4 Å². The van der Waals surface area contributed by atoms with Crippen molar-refractivity contribution in [3.05, 3.63) is 29.8 Å². The Morgan fingerprint density at radius 1 is 0.729 bits per heavy atom. The molecule has 1 aromatic rings. The van der Waals surface area contributed by atoms with Crippen molar-refractivity contribution >= 4 is 53.3 Å². The molecule has 0 saturated carbocycles. The van der Waals surface area contributed by atoms with E-state index in [0.717, 1.165) is 0 Å². The van der Waals surface area contributed by atoms with Crippen molar-refractivity contribution in [1.82, 2.24) is 26.2 Å². The zero-order valence-electron chi connectivity index (χ0n) is 34.3. The number of likely N-dealkylation sites (tertiary alicyclic amines) is 1. The predicted octanol–water partition coefficient (Wildman–Crippen LogP) is 1.25. The Morgan fingerprint density at radius 3 is 1.97 bits per heavy atom. The molecule has 59 heavy (non-hydrogen) atoms. The summed E-state index contributed by atoms with van der Waals surface area (Å²) in [7, 11) is 0. The lowest BCUT2D eigenvalue weighted by Gasteiger charge is -2.25. The van der Waals surface area contributed by atoms with Crippen LogP contribution in [-0.4, -0.2) is 130 Å². The van der Waals surface area contributed by atoms with Crippen molar-refractivity contribution in [3.63, 3.8) is 0 Å². The fourth-order valence-corrected chi connectivity index (χ4v) is 5.56. The second-order valence-electron chi connectivity index (χ2n) is 13.9. The molecule has 7 N–H and O–H groups in total. The van der Waals surface area contributed by atoms with Gasteiger partial charge in [0.2, 0.25) is 29.5 Å². The van der Waals surface area contributed by atoms with Gasteiger partial charge in [-0.2, -0.15) is 0 Å². The third kappa shape index (κ3) is 22.4. The first-order chi connectivity index (χ1) is 28.3. The van der Waals surface area contributed by atoms with Gasteiger partial charge < -0.3 is 56.0 Å². The maximum absolute atomic E-state index is 13.4. The molecule has 1 fully saturated rings. The topological polar surface area (TPSA) is 272 Å². The van der Waals surface area contributed by atoms with Gasteiger partial charge in [-0.1, -0.05) is 32.4 Å². The van der Waals surface area contributed by atoms with Crippen molar-refractivity contribution in [1.29, 1.82) is 0 Å². The van der Waals surface area contributed by atoms with E-state index in [0.29, 0.717) is 76.5 Å². The van der Waals surface area contributed by atoms with Gasteiger partial charge in [-0.15, -0.1) is 0 Å². The number of unbranched alkanes of at least 4 members (excludes halogenated alkanes) is 2. The van der Waals surface area contributed by atoms with Crippen LogP contribution in [0.2, 0.25) is 0 Å². The number of anilines is 1. The summed E-state index contributed by atoms with van der Waals surface area (Å²) in [5, 5.41) is 13.3. The molecule has 8 amide bonds. The smallest absolute Gasteiger partial charge is 0.407 e. The van der Waals surface area contributed by atoms with E-state index in [1.165, 1.54) is 11.8 Å². The molecule has 0 spiro atoms. The van der Waals surface area contributed by atoms with Gasteiger partial charge in [0.05, 0.1) is 39.6 Å². The minimum Gasteiger partial charge on any atom is -0.463 e. The highest BCUT2D eigenvalue weighted by Crippen LogP contribution is 2.15. The zero-order valence-corrected chi connectivity index (χ0v) is 34.3. The Bertz CT molecular complexity index is 1490. The molecule has 1 heterocycles. The van der Waals surface area contributed by atoms with Gasteiger partial charge in [0.15, 0.2) is 0 Å². The van der Waals surface area contributed by atoms with E-state index in [-0.39, 0.29) is 88.2 Å². The summed E-state index contributed by atoms with van der Waals surface area (Å²) < 4.78 is 26.0. The Morgan fingerprint density at radius 2 is 1.36 bits per heavy atom. The summed E-state index contributed by atoms with van der Waals surface area (Å²) in [5.41, 5.74) is 6.22. The number of benzene rings is 1. The molecule has 1 saturated heterocycles. The van der Waals surface area contributed by atoms with Crippen molar-refractivity contribution < 1.29 is 62.0 Å². The fraction of sp³-hybridized carbons (Fsp3) is 0.641. The third-order valence-corrected chi connectivity index (χ3v) is 8.69. The van der Waals surface area contributed by atoms with Gasteiger partial charge in [0.25, 0.3) is 0 Å². The molecule has 20 nitrogen and oxygen atoms in total. The second-order valence-corrected chi connectivity index (χ2v) is 13.9. The van der Waals surface area contributed by atoms with E-state index in [4.69, 9.17) is 29.4 Å². The number of amides is 8. The highest BCUT2D eigenvalue weighted by Gasteiger charge is 2.30. The average molecular weight is 836 g/mol. The van der Waals surface area contributed by atoms with Crippen LogP contribution >= 0.6 is 0 Å². The highest BCUT2D eigenvalue weighted by molar-refractivity contribution is 6.02. The SMILES string of the molecule is CC(=O)OCCOCCOCCOCCNC(=O)OCc1ccc(NC(=O)[C@H](CCCNC(N)=O)NC(=O)[C@@H](NC(=O)CCCCCN2C(=O)CCC2=O)C(C)C)cc1. The quantitative estimate of drug-likeness (QED) is 0.0362. The first kappa shape index (κ1) is 49.8. The summed E-state index contributed by atoms with van der Waals surface area (Å²) in [6.07, 6.45) is 2.12. The molecule has 20 heteroatoms. The lowest BCUT2D eigenvalue weighted by Crippen LogP contribution is -2.54. The molecule has 0 bridgehead atoms. The Labute approximate surface area is 344 Å². The summed E-state index contributed by atoms with van der Waals surface area (Å²) in [4.78, 5) is 98.4. The number of rotatable bonds is 30. The Hall–Kier alpha value is -5.34. The summed E-state index contributed by atoms with van der Waals surface area (Å²) in [6.45, 7) is 7.65. The predicted molar refractivity (Wildman–Crippen MR) is 212 cm³/mol. The summed E-state index contributed by atoms with van der Waals surface area (Å²) >= 11 is 0. The highest BCUT2D eigenvalue weighted by atomic mass is 16.6. The molecule has 0 unspecified atom stereocenters. The van der Waals surface area contributed by atoms with Crippen LogP contribution in [0, 0.1) is 5.92 Å². The van der Waals surface area contributed by atoms with Crippen LogP contribution in [0.5, 0.6) is 0 Å². The molecular weight excluding hydrogens is 774 g/mol. The average Bonchev–Trinajstić information content (AvgIpc) is 3.51. The molecular formula is C39H61N7O13. The van der Waals surface area contributed by atoms with Gasteiger partial charge in [0.1, 0.15) is 25.3 Å². The second kappa shape index (κ2) is 29.0. The number of carbonyl (C=O) groups excluding carboxylic acids is 8. The molecule has 1 aliphatic rings. The third-order valence-electron chi connectivity index (χ3n) is 8.69. The van der Waals surface area contributed by atoms with Gasteiger partial charge >= 0.3 is 18.1 Å². The molecule has 330 valence electrons. The molecule has 2 atom stereocenters. The van der Waals surface area contributed by atoms with E-state index < -0.39 is 36.0 Å². The van der Waals surface area contributed by atoms with Gasteiger partial charge in [-0.05, 0) is 49.3 Å². The number of imide groups is 1. The lowest BCUT2D eigenvalue weighted by molar-refractivity contribution is -0.143. The minimum atomic E-state index is -1.03. The van der Waals surface area contributed by atoms with Crippen molar-refractivity contribution in [3.8, 4) is 0 Å². The number of nitrogens with zero attached hydrogens (tertiary/aromatic N) is 1. The Kier molecular flexibility index (Phi) is 24.4. The molecule has 1 aliphatic heterocycles. The van der Waals surface area contributed by atoms with E-state index in [2.05, 4.69) is 26.6 Å². The fourth-order valence-electron chi connectivity index (χ4n) is 5.56. The normalized spacial score (nSPS) is 13.4. The largest absolute Gasteiger partial charge is 0.463 e. The number of nitrogens with one attached hydrogen (secondary N) is 5. The van der Waals surface area contributed by atoms with E-state index >= 15 is 0 Å². The molecule has 1 aromatic carbocycles. The van der Waals surface area contributed by atoms with E-state index in [1.807, 2.05) is 0 Å². The summed E-state index contributed by atoms with van der Waals surface area (Å²) in [5.74, 6) is -2.45. The number of urea groups is 1. The lowest BCUT2D eigenvalue weighted by atomic mass is 10.0. The number of nitrogens with two attached hydrogens (primary N) is 1. The zero-order chi connectivity index (χ0) is 43.4. The van der Waals surface area contributed by atoms with Crippen LogP contribution < -0.4 is 32.3 Å². The van der Waals surface area contributed by atoms with Gasteiger partial charge in [-0.25, -0.2) is 9.59 Å². The maximum Gasteiger partial charge on any atom is 0.407 e. The number of carbonyl (C=O) groups is 8. The monoisotopic (exact) mass is 835 g/mol. The van der Waals surface area contributed by atoms with Crippen LogP contribution in [0.4, 0.5) is 15.3 Å². The maximum atomic E-state index is 13.4. The van der Waals surface area contributed by atoms with Crippen molar-refractivity contribution in [2.24, 2.45) is 11.7 Å². The van der Waals surface area contributed by atoms with Gasteiger partial charge in [0, 0.05) is 51.5 Å². The number of esters is 1. The number of alkyl carbamates (subject to hydrolysis) is 1. The number of hydrogen-bond acceptors (Lipinski definition) is 13. The number of ether oxygens (including phenoxy) is 5. The van der Waals surface area contributed by atoms with Crippen molar-refractivity contribution in [2.75, 3.05) is 71.2 Å². The van der Waals surface area contributed by atoms with Crippen LogP contribution in [0.15, 0.2) is 24.3 Å². The molecule has 0 aromatic heterocycles. The minimum absolute atomic E-state index is 0.0355. The van der Waals surface area contributed by atoms with Crippen LogP contribution in [0.25, 0.3) is 0 Å². The van der Waals surface area contributed by atoms with Gasteiger partial charge in [-0.3, -0.25) is 33.7 Å². The molecule has 2 rings (SSSR count). The number of primary amides is 1. The molecule has 0 radical (unpaired) electrons. The first-order valence-electron chi connectivity index (χ1n) is 19.9. The standard InChI is InChI=1S/C39H61N7O13/c1-27(2)35(45-32(48)9-5-4-6-18-46-33(49)14-15-34(46)50)37(52)44-31(8-7-16-41-38(40)53)36(51)43-30-12-10-29(11-13-30)26-59-39(54)42-17-19-55-20-21-56-22-23-57-24-25-58-28(3)47/h10-13,27,31,35H,4-9,14-26H2,1-3H3,(H,42,54)(H,43,51)(H,44,52)(H,45,48)(H3,40,41,53)/t31-,35-/m0/s1. The van der Waals surface area contributed by atoms with Crippen LogP contribution in [-0.2, 0) is 59.1 Å². The summed E-state index contributed by atoms with van der Waals surface area (Å²) in [6, 6.07) is 3.87. The van der Waals surface area contributed by atoms with Crippen LogP contribution in [0.3, 0.4) is 0 Å². The molecule has 0 aliphatic carbocycles. The first-order valence-corrected chi connectivity index (χ1v) is 19.9.